The van der Waals surface area contributed by atoms with E-state index in [-0.39, 0.29) is 29.4 Å². The largest absolute Gasteiger partial charge is 0.356 e. The fourth-order valence-electron chi connectivity index (χ4n) is 4.41. The van der Waals surface area contributed by atoms with Crippen molar-refractivity contribution in [1.29, 1.82) is 0 Å². The molecular weight excluding hydrogens is 447 g/mol. The van der Waals surface area contributed by atoms with E-state index in [1.54, 1.807) is 0 Å². The van der Waals surface area contributed by atoms with Crippen LogP contribution in [0.1, 0.15) is 51.5 Å². The Balaban J connectivity index is 0.00000261. The molecule has 1 aliphatic heterocycles. The number of hydrogen-bond acceptors (Lipinski definition) is 2. The van der Waals surface area contributed by atoms with Crippen LogP contribution in [-0.4, -0.2) is 50.1 Å². The number of nitrogens with zero attached hydrogens (tertiary/aromatic N) is 2. The second-order valence-electron chi connectivity index (χ2n) is 8.40. The summed E-state index contributed by atoms with van der Waals surface area (Å²) < 4.78 is 0. The van der Waals surface area contributed by atoms with Crippen molar-refractivity contribution >= 4 is 29.9 Å². The number of likely N-dealkylation sites (tertiary alicyclic amines) is 1. The van der Waals surface area contributed by atoms with Gasteiger partial charge in [0, 0.05) is 38.1 Å². The number of piperidine rings is 1. The smallest absolute Gasteiger partial charge is 0.191 e. The van der Waals surface area contributed by atoms with Gasteiger partial charge in [-0.1, -0.05) is 36.8 Å². The molecule has 5 heteroatoms. The van der Waals surface area contributed by atoms with E-state index in [1.165, 1.54) is 50.8 Å². The van der Waals surface area contributed by atoms with E-state index in [1.807, 2.05) is 7.05 Å². The van der Waals surface area contributed by atoms with E-state index < -0.39 is 0 Å². The molecule has 1 saturated heterocycles. The van der Waals surface area contributed by atoms with Gasteiger partial charge in [0.2, 0.25) is 0 Å². The molecule has 0 spiro atoms. The third kappa shape index (κ3) is 5.83. The maximum Gasteiger partial charge on any atom is 0.191 e. The molecule has 1 aromatic rings. The molecule has 152 valence electrons. The van der Waals surface area contributed by atoms with Gasteiger partial charge in [0.05, 0.1) is 0 Å². The number of aliphatic imine (C=N–C) groups is 1. The highest BCUT2D eigenvalue weighted by Crippen LogP contribution is 2.43. The molecule has 2 fully saturated rings. The van der Waals surface area contributed by atoms with Crippen LogP contribution < -0.4 is 10.6 Å². The lowest BCUT2D eigenvalue weighted by atomic mass is 9.64. The molecule has 27 heavy (non-hydrogen) atoms. The molecule has 1 aliphatic carbocycles. The normalized spacial score (nSPS) is 22.7. The minimum absolute atomic E-state index is 0. The van der Waals surface area contributed by atoms with E-state index in [9.17, 15) is 0 Å². The van der Waals surface area contributed by atoms with E-state index in [0.717, 1.165) is 25.0 Å². The van der Waals surface area contributed by atoms with Crippen molar-refractivity contribution in [3.05, 3.63) is 35.9 Å². The van der Waals surface area contributed by atoms with Gasteiger partial charge in [0.1, 0.15) is 0 Å². The Morgan fingerprint density at radius 3 is 2.52 bits per heavy atom. The fourth-order valence-corrected chi connectivity index (χ4v) is 4.41. The van der Waals surface area contributed by atoms with Gasteiger partial charge >= 0.3 is 0 Å². The lowest BCUT2D eigenvalue weighted by molar-refractivity contribution is 0.141. The van der Waals surface area contributed by atoms with Crippen LogP contribution in [0.15, 0.2) is 35.3 Å². The molecular formula is C22H37IN4. The first kappa shape index (κ1) is 22.5. The number of guanidine groups is 1. The molecule has 1 aromatic carbocycles. The molecule has 4 nitrogen and oxygen atoms in total. The Morgan fingerprint density at radius 1 is 1.19 bits per heavy atom. The maximum atomic E-state index is 4.46. The summed E-state index contributed by atoms with van der Waals surface area (Å²) in [6.45, 7) is 9.05. The van der Waals surface area contributed by atoms with Crippen LogP contribution in [0.5, 0.6) is 0 Å². The van der Waals surface area contributed by atoms with E-state index in [0.29, 0.717) is 6.04 Å². The second kappa shape index (κ2) is 10.6. The van der Waals surface area contributed by atoms with Crippen molar-refractivity contribution in [2.24, 2.45) is 10.9 Å². The summed E-state index contributed by atoms with van der Waals surface area (Å²) in [5.74, 6) is 1.67. The second-order valence-corrected chi connectivity index (χ2v) is 8.40. The Bertz CT molecular complexity index is 583. The van der Waals surface area contributed by atoms with Crippen LogP contribution in [0.2, 0.25) is 0 Å². The van der Waals surface area contributed by atoms with Crippen molar-refractivity contribution < 1.29 is 0 Å². The highest BCUT2D eigenvalue weighted by molar-refractivity contribution is 14.0. The van der Waals surface area contributed by atoms with Gasteiger partial charge in [-0.05, 0) is 57.6 Å². The van der Waals surface area contributed by atoms with E-state index in [2.05, 4.69) is 64.7 Å². The average Bonchev–Trinajstić information content (AvgIpc) is 2.64. The molecule has 2 aliphatic rings. The minimum Gasteiger partial charge on any atom is -0.356 e. The Labute approximate surface area is 182 Å². The molecule has 1 saturated carbocycles. The molecule has 1 heterocycles. The maximum absolute atomic E-state index is 4.46. The van der Waals surface area contributed by atoms with Crippen LogP contribution in [-0.2, 0) is 5.41 Å². The van der Waals surface area contributed by atoms with Gasteiger partial charge < -0.3 is 15.5 Å². The van der Waals surface area contributed by atoms with Crippen LogP contribution in [0.4, 0.5) is 0 Å². The lowest BCUT2D eigenvalue weighted by Crippen LogP contribution is -2.50. The van der Waals surface area contributed by atoms with Gasteiger partial charge in [-0.15, -0.1) is 24.0 Å². The summed E-state index contributed by atoms with van der Waals surface area (Å²) >= 11 is 0. The highest BCUT2D eigenvalue weighted by atomic mass is 127. The Kier molecular flexibility index (Phi) is 8.86. The van der Waals surface area contributed by atoms with Crippen molar-refractivity contribution in [2.45, 2.75) is 57.4 Å². The number of nitrogens with one attached hydrogen (secondary N) is 2. The van der Waals surface area contributed by atoms with Gasteiger partial charge in [0.15, 0.2) is 5.96 Å². The molecule has 0 radical (unpaired) electrons. The average molecular weight is 484 g/mol. The summed E-state index contributed by atoms with van der Waals surface area (Å²) in [5, 5.41) is 7.19. The number of rotatable bonds is 6. The quantitative estimate of drug-likeness (QED) is 0.364. The SMILES string of the molecule is CN=C(NCC1CCCN(C(C)C)C1)NCC1(c2ccccc2)CCC1.I. The highest BCUT2D eigenvalue weighted by Gasteiger charge is 2.38. The van der Waals surface area contributed by atoms with Crippen molar-refractivity contribution in [3.63, 3.8) is 0 Å². The topological polar surface area (TPSA) is 39.7 Å². The summed E-state index contributed by atoms with van der Waals surface area (Å²) in [7, 11) is 1.88. The predicted octanol–water partition coefficient (Wildman–Crippen LogP) is 4.01. The van der Waals surface area contributed by atoms with Gasteiger partial charge in [-0.25, -0.2) is 0 Å². The number of hydrogen-bond donors (Lipinski definition) is 2. The molecule has 1 unspecified atom stereocenters. The standard InChI is InChI=1S/C22H36N4.HI/c1-18(2)26-14-7-9-19(16-26)15-24-21(23-3)25-17-22(12-8-13-22)20-10-5-4-6-11-20;/h4-6,10-11,18-19H,7-9,12-17H2,1-3H3,(H2,23,24,25);1H. The third-order valence-corrected chi connectivity index (χ3v) is 6.35. The summed E-state index contributed by atoms with van der Waals surface area (Å²) in [4.78, 5) is 7.06. The first-order chi connectivity index (χ1) is 12.6. The molecule has 0 bridgehead atoms. The van der Waals surface area contributed by atoms with Crippen molar-refractivity contribution in [2.75, 3.05) is 33.2 Å². The van der Waals surface area contributed by atoms with Crippen LogP contribution >= 0.6 is 24.0 Å². The van der Waals surface area contributed by atoms with E-state index >= 15 is 0 Å². The molecule has 2 N–H and O–H groups in total. The Hall–Kier alpha value is -0.820. The predicted molar refractivity (Wildman–Crippen MR) is 126 cm³/mol. The monoisotopic (exact) mass is 484 g/mol. The van der Waals surface area contributed by atoms with Gasteiger partial charge in [-0.2, -0.15) is 0 Å². The summed E-state index contributed by atoms with van der Waals surface area (Å²) in [6, 6.07) is 11.6. The molecule has 3 rings (SSSR count). The minimum atomic E-state index is 0. The summed E-state index contributed by atoms with van der Waals surface area (Å²) in [5.41, 5.74) is 1.76. The summed E-state index contributed by atoms with van der Waals surface area (Å²) in [6.07, 6.45) is 6.50. The molecule has 1 atom stereocenters. The zero-order valence-corrected chi connectivity index (χ0v) is 19.5. The molecule has 0 aromatic heterocycles. The van der Waals surface area contributed by atoms with E-state index in [4.69, 9.17) is 0 Å². The number of halogens is 1. The van der Waals surface area contributed by atoms with Gasteiger partial charge in [-0.3, -0.25) is 4.99 Å². The first-order valence-electron chi connectivity index (χ1n) is 10.4. The first-order valence-corrected chi connectivity index (χ1v) is 10.4. The third-order valence-electron chi connectivity index (χ3n) is 6.35. The Morgan fingerprint density at radius 2 is 1.93 bits per heavy atom. The van der Waals surface area contributed by atoms with Crippen LogP contribution in [0.3, 0.4) is 0 Å². The van der Waals surface area contributed by atoms with Gasteiger partial charge in [0.25, 0.3) is 0 Å². The number of benzene rings is 1. The lowest BCUT2D eigenvalue weighted by Gasteiger charge is -2.43. The van der Waals surface area contributed by atoms with Crippen LogP contribution in [0.25, 0.3) is 0 Å². The molecule has 0 amide bonds. The van der Waals surface area contributed by atoms with Crippen molar-refractivity contribution in [1.82, 2.24) is 15.5 Å². The van der Waals surface area contributed by atoms with Crippen LogP contribution in [0, 0.1) is 5.92 Å². The van der Waals surface area contributed by atoms with Crippen molar-refractivity contribution in [3.8, 4) is 0 Å². The zero-order chi connectivity index (χ0) is 18.4. The fraction of sp³-hybridized carbons (Fsp3) is 0.682. The zero-order valence-electron chi connectivity index (χ0n) is 17.2.